The molecule has 3 aromatic rings. The fourth-order valence-electron chi connectivity index (χ4n) is 3.92. The summed E-state index contributed by atoms with van der Waals surface area (Å²) in [5.74, 6) is -0.746. The molecule has 1 amide bonds. The van der Waals surface area contributed by atoms with Gasteiger partial charge in [-0.1, -0.05) is 50.2 Å². The van der Waals surface area contributed by atoms with Crippen LogP contribution < -0.4 is 9.64 Å². The Hall–Kier alpha value is -3.93. The van der Waals surface area contributed by atoms with E-state index in [4.69, 9.17) is 4.74 Å². The van der Waals surface area contributed by atoms with Crippen molar-refractivity contribution in [1.82, 2.24) is 4.98 Å². The normalized spacial score (nSPS) is 17.6. The van der Waals surface area contributed by atoms with E-state index in [1.54, 1.807) is 54.9 Å². The van der Waals surface area contributed by atoms with Gasteiger partial charge >= 0.3 is 0 Å². The van der Waals surface area contributed by atoms with Gasteiger partial charge in [-0.05, 0) is 48.2 Å². The quantitative estimate of drug-likeness (QED) is 0.328. The molecule has 2 heterocycles. The van der Waals surface area contributed by atoms with Gasteiger partial charge in [-0.2, -0.15) is 0 Å². The molecule has 1 unspecified atom stereocenters. The first-order valence-corrected chi connectivity index (χ1v) is 10.9. The van der Waals surface area contributed by atoms with Crippen molar-refractivity contribution in [3.63, 3.8) is 0 Å². The maximum absolute atomic E-state index is 13.2. The van der Waals surface area contributed by atoms with Crippen LogP contribution in [0.1, 0.15) is 36.6 Å². The number of ether oxygens (including phenoxy) is 1. The van der Waals surface area contributed by atoms with Gasteiger partial charge in [-0.3, -0.25) is 19.5 Å². The van der Waals surface area contributed by atoms with E-state index < -0.39 is 17.7 Å². The van der Waals surface area contributed by atoms with Crippen molar-refractivity contribution in [2.24, 2.45) is 5.92 Å². The van der Waals surface area contributed by atoms with E-state index in [1.165, 1.54) is 4.90 Å². The van der Waals surface area contributed by atoms with Gasteiger partial charge in [0.05, 0.1) is 18.2 Å². The third-order valence-corrected chi connectivity index (χ3v) is 5.51. The van der Waals surface area contributed by atoms with Crippen LogP contribution in [0.4, 0.5) is 5.69 Å². The minimum Gasteiger partial charge on any atom is -0.507 e. The fourth-order valence-corrected chi connectivity index (χ4v) is 3.92. The number of aromatic nitrogens is 1. The van der Waals surface area contributed by atoms with Crippen LogP contribution in [0, 0.1) is 12.8 Å². The highest BCUT2D eigenvalue weighted by Crippen LogP contribution is 2.43. The number of aliphatic hydroxyl groups is 1. The summed E-state index contributed by atoms with van der Waals surface area (Å²) in [5, 5.41) is 11.3. The van der Waals surface area contributed by atoms with E-state index in [2.05, 4.69) is 4.98 Å². The summed E-state index contributed by atoms with van der Waals surface area (Å²) >= 11 is 0. The van der Waals surface area contributed by atoms with Crippen LogP contribution in [0.3, 0.4) is 0 Å². The highest BCUT2D eigenvalue weighted by Gasteiger charge is 2.47. The Kier molecular flexibility index (Phi) is 6.27. The van der Waals surface area contributed by atoms with Gasteiger partial charge in [0.15, 0.2) is 0 Å². The molecule has 0 bridgehead atoms. The summed E-state index contributed by atoms with van der Waals surface area (Å²) in [5.41, 5.74) is 2.53. The molecule has 0 radical (unpaired) electrons. The molecule has 1 atom stereocenters. The summed E-state index contributed by atoms with van der Waals surface area (Å²) in [4.78, 5) is 32.1. The number of nitrogens with zero attached hydrogens (tertiary/aromatic N) is 2. The maximum Gasteiger partial charge on any atom is 0.300 e. The number of amides is 1. The van der Waals surface area contributed by atoms with Gasteiger partial charge in [0, 0.05) is 23.6 Å². The van der Waals surface area contributed by atoms with Crippen LogP contribution in [0.15, 0.2) is 78.6 Å². The largest absolute Gasteiger partial charge is 0.507 e. The molecule has 168 valence electrons. The molecule has 1 fully saturated rings. The molecule has 1 aliphatic heterocycles. The highest BCUT2D eigenvalue weighted by atomic mass is 16.5. The average Bonchev–Trinajstić information content (AvgIpc) is 3.08. The van der Waals surface area contributed by atoms with E-state index in [0.29, 0.717) is 35.1 Å². The number of para-hydroxylation sites is 1. The van der Waals surface area contributed by atoms with Crippen molar-refractivity contribution in [3.8, 4) is 5.75 Å². The maximum atomic E-state index is 13.2. The Morgan fingerprint density at radius 3 is 2.58 bits per heavy atom. The van der Waals surface area contributed by atoms with Gasteiger partial charge in [-0.25, -0.2) is 0 Å². The van der Waals surface area contributed by atoms with Crippen LogP contribution in [0.2, 0.25) is 0 Å². The number of hydrogen-bond acceptors (Lipinski definition) is 5. The van der Waals surface area contributed by atoms with Gasteiger partial charge in [0.1, 0.15) is 11.5 Å². The lowest BCUT2D eigenvalue weighted by Gasteiger charge is -2.26. The Bertz CT molecular complexity index is 1220. The average molecular weight is 443 g/mol. The van der Waals surface area contributed by atoms with Gasteiger partial charge in [0.2, 0.25) is 0 Å². The summed E-state index contributed by atoms with van der Waals surface area (Å²) in [6.45, 7) is 6.50. The predicted molar refractivity (Wildman–Crippen MR) is 127 cm³/mol. The van der Waals surface area contributed by atoms with Crippen LogP contribution >= 0.6 is 0 Å². The first kappa shape index (κ1) is 22.3. The monoisotopic (exact) mass is 442 g/mol. The number of anilines is 1. The predicted octanol–water partition coefficient (Wildman–Crippen LogP) is 5.05. The second-order valence-corrected chi connectivity index (χ2v) is 8.47. The molecule has 4 rings (SSSR count). The zero-order chi connectivity index (χ0) is 23.5. The number of benzene rings is 2. The van der Waals surface area contributed by atoms with Crippen molar-refractivity contribution < 1.29 is 19.4 Å². The number of hydrogen-bond donors (Lipinski definition) is 1. The molecule has 1 aromatic heterocycles. The summed E-state index contributed by atoms with van der Waals surface area (Å²) in [7, 11) is 0. The molecular formula is C27H26N2O4. The van der Waals surface area contributed by atoms with Crippen LogP contribution in [-0.2, 0) is 9.59 Å². The Morgan fingerprint density at radius 2 is 1.88 bits per heavy atom. The lowest BCUT2D eigenvalue weighted by atomic mass is 9.96. The lowest BCUT2D eigenvalue weighted by Crippen LogP contribution is -2.30. The highest BCUT2D eigenvalue weighted by molar-refractivity contribution is 6.51. The molecule has 0 spiro atoms. The molecule has 6 nitrogen and oxygen atoms in total. The molecule has 0 saturated carbocycles. The zero-order valence-electron chi connectivity index (χ0n) is 18.9. The minimum absolute atomic E-state index is 0.0252. The first-order valence-electron chi connectivity index (χ1n) is 10.9. The number of ketones is 1. The standard InChI is InChI=1S/C27H26N2O4/c1-17(2)16-33-21-11-6-9-19(14-21)25(30)23-24(20-10-7-13-28-15-20)29(27(32)26(23)31)22-12-5-4-8-18(22)3/h4-15,17,24,30H,16H2,1-3H3/b25-23-. The summed E-state index contributed by atoms with van der Waals surface area (Å²) in [6.07, 6.45) is 3.23. The Labute approximate surface area is 193 Å². The van der Waals surface area contributed by atoms with E-state index in [1.807, 2.05) is 39.0 Å². The molecule has 1 N–H and O–H groups in total. The Balaban J connectivity index is 1.86. The number of aryl methyl sites for hydroxylation is 1. The molecule has 1 aliphatic rings. The van der Waals surface area contributed by atoms with Crippen molar-refractivity contribution in [3.05, 3.63) is 95.3 Å². The van der Waals surface area contributed by atoms with Gasteiger partial charge in [0.25, 0.3) is 11.7 Å². The number of carbonyl (C=O) groups excluding carboxylic acids is 2. The Morgan fingerprint density at radius 1 is 1.09 bits per heavy atom. The van der Waals surface area contributed by atoms with Crippen LogP contribution in [0.5, 0.6) is 5.75 Å². The number of carbonyl (C=O) groups is 2. The second kappa shape index (κ2) is 9.28. The molecule has 1 saturated heterocycles. The molecule has 2 aromatic carbocycles. The third kappa shape index (κ3) is 4.37. The van der Waals surface area contributed by atoms with Crippen molar-refractivity contribution in [1.29, 1.82) is 0 Å². The molecular weight excluding hydrogens is 416 g/mol. The van der Waals surface area contributed by atoms with Crippen molar-refractivity contribution in [2.75, 3.05) is 11.5 Å². The smallest absolute Gasteiger partial charge is 0.300 e. The minimum atomic E-state index is -0.806. The molecule has 0 aliphatic carbocycles. The van der Waals surface area contributed by atoms with Gasteiger partial charge in [-0.15, -0.1) is 0 Å². The van der Waals surface area contributed by atoms with Crippen LogP contribution in [0.25, 0.3) is 5.76 Å². The van der Waals surface area contributed by atoms with E-state index in [0.717, 1.165) is 5.56 Å². The molecule has 6 heteroatoms. The number of aliphatic hydroxyl groups excluding tert-OH is 1. The van der Waals surface area contributed by atoms with E-state index in [9.17, 15) is 14.7 Å². The first-order chi connectivity index (χ1) is 15.9. The SMILES string of the molecule is Cc1ccccc1N1C(=O)C(=O)/C(=C(\O)c2cccc(OCC(C)C)c2)C1c1cccnc1. The number of Topliss-reactive ketones (excluding diaryl/α,β-unsaturated/α-hetero) is 1. The third-order valence-electron chi connectivity index (χ3n) is 5.51. The lowest BCUT2D eigenvalue weighted by molar-refractivity contribution is -0.132. The fraction of sp³-hybridized carbons (Fsp3) is 0.222. The van der Waals surface area contributed by atoms with Crippen LogP contribution in [-0.4, -0.2) is 28.4 Å². The zero-order valence-corrected chi connectivity index (χ0v) is 18.9. The van der Waals surface area contributed by atoms with E-state index in [-0.39, 0.29) is 11.3 Å². The van der Waals surface area contributed by atoms with Crippen molar-refractivity contribution >= 4 is 23.1 Å². The topological polar surface area (TPSA) is 79.7 Å². The summed E-state index contributed by atoms with van der Waals surface area (Å²) < 4.78 is 5.78. The number of pyridine rings is 1. The second-order valence-electron chi connectivity index (χ2n) is 8.47. The van der Waals surface area contributed by atoms with E-state index >= 15 is 0 Å². The number of rotatable bonds is 6. The molecule has 33 heavy (non-hydrogen) atoms. The summed E-state index contributed by atoms with van der Waals surface area (Å²) in [6, 6.07) is 17.0. The van der Waals surface area contributed by atoms with Crippen molar-refractivity contribution in [2.45, 2.75) is 26.8 Å². The van der Waals surface area contributed by atoms with Gasteiger partial charge < -0.3 is 9.84 Å².